The first-order chi connectivity index (χ1) is 6.43. The number of carbonyl (C=O) groups is 1. The molecule has 0 aliphatic heterocycles. The van der Waals surface area contributed by atoms with Crippen molar-refractivity contribution in [2.75, 3.05) is 0 Å². The topological polar surface area (TPSA) is 103 Å². The number of primary amides is 1. The van der Waals surface area contributed by atoms with E-state index < -0.39 is 10.0 Å². The molecule has 0 aliphatic rings. The molecule has 14 heavy (non-hydrogen) atoms. The lowest BCUT2D eigenvalue weighted by atomic mass is 10.2. The van der Waals surface area contributed by atoms with Gasteiger partial charge in [0.15, 0.2) is 0 Å². The van der Waals surface area contributed by atoms with E-state index in [0.29, 0.717) is 5.56 Å². The van der Waals surface area contributed by atoms with Crippen LogP contribution in [0.3, 0.4) is 0 Å². The Kier molecular flexibility index (Phi) is 4.82. The highest BCUT2D eigenvalue weighted by Gasteiger charge is 2.08. The van der Waals surface area contributed by atoms with Crippen molar-refractivity contribution in [3.05, 3.63) is 29.8 Å². The summed E-state index contributed by atoms with van der Waals surface area (Å²) in [6.45, 7) is 1.71. The van der Waals surface area contributed by atoms with Crippen molar-refractivity contribution in [1.82, 2.24) is 0 Å². The summed E-state index contributed by atoms with van der Waals surface area (Å²) in [5, 5.41) is 4.93. The quantitative estimate of drug-likeness (QED) is 0.632. The molecular weight excluding hydrogens is 204 g/mol. The summed E-state index contributed by atoms with van der Waals surface area (Å²) >= 11 is 0. The van der Waals surface area contributed by atoms with Gasteiger partial charge in [-0.25, -0.2) is 13.6 Å². The van der Waals surface area contributed by atoms with Crippen LogP contribution in [0.5, 0.6) is 0 Å². The maximum atomic E-state index is 10.8. The first-order valence-corrected chi connectivity index (χ1v) is 5.22. The average molecular weight is 216 g/mol. The molecule has 0 bridgehead atoms. The van der Waals surface area contributed by atoms with E-state index >= 15 is 0 Å². The van der Waals surface area contributed by atoms with Crippen LogP contribution in [0.2, 0.25) is 0 Å². The van der Waals surface area contributed by atoms with Crippen LogP contribution in [-0.4, -0.2) is 14.8 Å². The van der Waals surface area contributed by atoms with Gasteiger partial charge in [0, 0.05) is 0 Å². The van der Waals surface area contributed by atoms with Crippen LogP contribution in [0, 0.1) is 6.92 Å². The van der Waals surface area contributed by atoms with Gasteiger partial charge in [0.25, 0.3) is 0 Å². The van der Waals surface area contributed by atoms with Gasteiger partial charge in [0.1, 0.15) is 0 Å². The number of primary sulfonamides is 1. The summed E-state index contributed by atoms with van der Waals surface area (Å²) in [6, 6.07) is 6.61. The SMILES string of the molecule is Cc1ccccc1S(N)(=O)=O.NC=O. The highest BCUT2D eigenvalue weighted by molar-refractivity contribution is 7.89. The zero-order valence-electron chi connectivity index (χ0n) is 7.67. The van der Waals surface area contributed by atoms with Crippen molar-refractivity contribution < 1.29 is 13.2 Å². The molecule has 0 saturated heterocycles. The van der Waals surface area contributed by atoms with Crippen molar-refractivity contribution in [2.45, 2.75) is 11.8 Å². The minimum Gasteiger partial charge on any atom is -0.372 e. The predicted octanol–water partition coefficient (Wildman–Crippen LogP) is -0.256. The first-order valence-electron chi connectivity index (χ1n) is 3.67. The molecule has 0 spiro atoms. The lowest BCUT2D eigenvalue weighted by Gasteiger charge is -2.00. The lowest BCUT2D eigenvalue weighted by Crippen LogP contribution is -2.13. The molecule has 0 atom stereocenters. The molecule has 0 aromatic heterocycles. The molecule has 1 rings (SSSR count). The van der Waals surface area contributed by atoms with Crippen molar-refractivity contribution in [1.29, 1.82) is 0 Å². The zero-order valence-corrected chi connectivity index (χ0v) is 8.49. The van der Waals surface area contributed by atoms with Gasteiger partial charge >= 0.3 is 0 Å². The Labute approximate surface area is 82.8 Å². The molecule has 1 amide bonds. The second-order valence-corrected chi connectivity index (χ2v) is 3.98. The molecule has 0 fully saturated rings. The monoisotopic (exact) mass is 216 g/mol. The minimum atomic E-state index is -3.53. The maximum absolute atomic E-state index is 10.8. The number of benzene rings is 1. The van der Waals surface area contributed by atoms with Crippen LogP contribution >= 0.6 is 0 Å². The number of nitrogens with two attached hydrogens (primary N) is 2. The third kappa shape index (κ3) is 4.01. The number of carbonyl (C=O) groups excluding carboxylic acids is 1. The highest BCUT2D eigenvalue weighted by Crippen LogP contribution is 2.10. The highest BCUT2D eigenvalue weighted by atomic mass is 32.2. The molecule has 4 N–H and O–H groups in total. The normalized spacial score (nSPS) is 9.86. The molecule has 6 heteroatoms. The van der Waals surface area contributed by atoms with E-state index in [4.69, 9.17) is 9.93 Å². The third-order valence-electron chi connectivity index (χ3n) is 1.40. The van der Waals surface area contributed by atoms with E-state index in [1.54, 1.807) is 25.1 Å². The third-order valence-corrected chi connectivity index (χ3v) is 2.47. The first kappa shape index (κ1) is 12.6. The minimum absolute atomic E-state index is 0.194. The zero-order chi connectivity index (χ0) is 11.2. The van der Waals surface area contributed by atoms with E-state index in [-0.39, 0.29) is 11.3 Å². The molecule has 0 radical (unpaired) electrons. The number of aryl methyl sites for hydroxylation is 1. The fourth-order valence-electron chi connectivity index (χ4n) is 0.876. The molecular formula is C8H12N2O3S. The van der Waals surface area contributed by atoms with Gasteiger partial charge < -0.3 is 5.73 Å². The maximum Gasteiger partial charge on any atom is 0.238 e. The fourth-order valence-corrected chi connectivity index (χ4v) is 1.66. The molecule has 5 nitrogen and oxygen atoms in total. The van der Waals surface area contributed by atoms with Crippen LogP contribution in [0.25, 0.3) is 0 Å². The number of sulfonamides is 1. The lowest BCUT2D eigenvalue weighted by molar-refractivity contribution is -0.106. The Hall–Kier alpha value is -1.40. The Morgan fingerprint density at radius 1 is 1.29 bits per heavy atom. The summed E-state index contributed by atoms with van der Waals surface area (Å²) in [4.78, 5) is 8.78. The Morgan fingerprint density at radius 3 is 2.00 bits per heavy atom. The van der Waals surface area contributed by atoms with Crippen LogP contribution in [0.1, 0.15) is 5.56 Å². The van der Waals surface area contributed by atoms with E-state index in [1.165, 1.54) is 6.07 Å². The molecule has 78 valence electrons. The van der Waals surface area contributed by atoms with Crippen molar-refractivity contribution in [2.24, 2.45) is 10.9 Å². The summed E-state index contributed by atoms with van der Waals surface area (Å²) in [5.74, 6) is 0. The Morgan fingerprint density at radius 2 is 1.71 bits per heavy atom. The van der Waals surface area contributed by atoms with Gasteiger partial charge in [-0.15, -0.1) is 0 Å². The van der Waals surface area contributed by atoms with Gasteiger partial charge in [-0.3, -0.25) is 4.79 Å². The molecule has 1 aromatic rings. The van der Waals surface area contributed by atoms with E-state index in [1.807, 2.05) is 0 Å². The molecule has 0 saturated carbocycles. The standard InChI is InChI=1S/C7H9NO2S.CH3NO/c1-6-4-2-3-5-7(6)11(8,9)10;2-1-3/h2-5H,1H3,(H2,8,9,10);1H,(H2,2,3). The summed E-state index contributed by atoms with van der Waals surface area (Å²) in [6.07, 6.45) is 0.250. The van der Waals surface area contributed by atoms with E-state index in [9.17, 15) is 8.42 Å². The molecule has 0 aliphatic carbocycles. The predicted molar refractivity (Wildman–Crippen MR) is 52.8 cm³/mol. The number of rotatable bonds is 1. The van der Waals surface area contributed by atoms with Crippen LogP contribution < -0.4 is 10.9 Å². The fraction of sp³-hybridized carbons (Fsp3) is 0.125. The smallest absolute Gasteiger partial charge is 0.238 e. The summed E-state index contributed by atoms with van der Waals surface area (Å²) < 4.78 is 21.7. The summed E-state index contributed by atoms with van der Waals surface area (Å²) in [5.41, 5.74) is 4.84. The van der Waals surface area contributed by atoms with Gasteiger partial charge in [-0.1, -0.05) is 18.2 Å². The van der Waals surface area contributed by atoms with Gasteiger partial charge in [0.2, 0.25) is 16.4 Å². The Balaban J connectivity index is 0.000000500. The van der Waals surface area contributed by atoms with Crippen LogP contribution in [-0.2, 0) is 14.8 Å². The average Bonchev–Trinajstić information content (AvgIpc) is 2.04. The van der Waals surface area contributed by atoms with E-state index in [0.717, 1.165) is 0 Å². The van der Waals surface area contributed by atoms with Gasteiger partial charge in [-0.05, 0) is 18.6 Å². The van der Waals surface area contributed by atoms with Crippen LogP contribution in [0.4, 0.5) is 0 Å². The molecule has 0 heterocycles. The summed E-state index contributed by atoms with van der Waals surface area (Å²) in [7, 11) is -3.53. The van der Waals surface area contributed by atoms with Gasteiger partial charge in [-0.2, -0.15) is 0 Å². The number of amides is 1. The van der Waals surface area contributed by atoms with Gasteiger partial charge in [0.05, 0.1) is 4.90 Å². The van der Waals surface area contributed by atoms with Crippen molar-refractivity contribution in [3.63, 3.8) is 0 Å². The second-order valence-electron chi connectivity index (χ2n) is 2.45. The second kappa shape index (κ2) is 5.36. The number of hydrogen-bond donors (Lipinski definition) is 2. The number of hydrogen-bond acceptors (Lipinski definition) is 3. The largest absolute Gasteiger partial charge is 0.372 e. The molecule has 0 unspecified atom stereocenters. The van der Waals surface area contributed by atoms with E-state index in [2.05, 4.69) is 5.73 Å². The van der Waals surface area contributed by atoms with Crippen molar-refractivity contribution in [3.8, 4) is 0 Å². The molecule has 1 aromatic carbocycles. The van der Waals surface area contributed by atoms with Crippen LogP contribution in [0.15, 0.2) is 29.2 Å². The Bertz CT molecular complexity index is 401. The van der Waals surface area contributed by atoms with Crippen molar-refractivity contribution >= 4 is 16.4 Å².